The van der Waals surface area contributed by atoms with Gasteiger partial charge in [0.25, 0.3) is 0 Å². The van der Waals surface area contributed by atoms with Crippen LogP contribution in [0.2, 0.25) is 0 Å². The van der Waals surface area contributed by atoms with Gasteiger partial charge >= 0.3 is 6.09 Å². The Morgan fingerprint density at radius 2 is 1.88 bits per heavy atom. The third-order valence-electron chi connectivity index (χ3n) is 5.13. The molecule has 1 amide bonds. The summed E-state index contributed by atoms with van der Waals surface area (Å²) in [6.45, 7) is 8.89. The molecule has 0 N–H and O–H groups in total. The van der Waals surface area contributed by atoms with Crippen molar-refractivity contribution in [3.63, 3.8) is 0 Å². The van der Waals surface area contributed by atoms with Crippen molar-refractivity contribution in [3.8, 4) is 5.75 Å². The van der Waals surface area contributed by atoms with Crippen molar-refractivity contribution in [3.05, 3.63) is 28.8 Å². The lowest BCUT2D eigenvalue weighted by Gasteiger charge is -2.33. The maximum Gasteiger partial charge on any atom is 0.410 e. The van der Waals surface area contributed by atoms with Crippen molar-refractivity contribution < 1.29 is 14.3 Å². The van der Waals surface area contributed by atoms with Gasteiger partial charge in [-0.05, 0) is 37.6 Å². The van der Waals surface area contributed by atoms with Crippen molar-refractivity contribution >= 4 is 6.09 Å². The number of carbonyl (C=O) groups is 1. The summed E-state index contributed by atoms with van der Waals surface area (Å²) >= 11 is 0. The molecule has 0 atom stereocenters. The van der Waals surface area contributed by atoms with E-state index < -0.39 is 0 Å². The fraction of sp³-hybridized carbons (Fsp3) is 0.632. The molecule has 6 nitrogen and oxygen atoms in total. The quantitative estimate of drug-likeness (QED) is 0.833. The van der Waals surface area contributed by atoms with E-state index >= 15 is 0 Å². The molecule has 1 saturated heterocycles. The molecule has 25 heavy (non-hydrogen) atoms. The number of hydrogen-bond donors (Lipinski definition) is 0. The number of piperazine rings is 1. The summed E-state index contributed by atoms with van der Waals surface area (Å²) in [6, 6.07) is 4.38. The zero-order chi connectivity index (χ0) is 17.8. The predicted molar refractivity (Wildman–Crippen MR) is 96.9 cm³/mol. The van der Waals surface area contributed by atoms with Crippen LogP contribution < -0.4 is 4.74 Å². The highest BCUT2D eigenvalue weighted by Gasteiger charge is 2.24. The maximum absolute atomic E-state index is 12.0. The minimum atomic E-state index is -0.228. The van der Waals surface area contributed by atoms with Crippen LogP contribution in [0.4, 0.5) is 4.79 Å². The highest BCUT2D eigenvalue weighted by molar-refractivity contribution is 5.68. The number of benzene rings is 1. The third-order valence-corrected chi connectivity index (χ3v) is 5.13. The van der Waals surface area contributed by atoms with Crippen LogP contribution in [0.5, 0.6) is 5.75 Å². The van der Waals surface area contributed by atoms with Gasteiger partial charge in [0.05, 0.1) is 13.7 Å². The van der Waals surface area contributed by atoms with Crippen LogP contribution in [0.25, 0.3) is 0 Å². The van der Waals surface area contributed by atoms with Crippen molar-refractivity contribution in [2.75, 3.05) is 53.5 Å². The Morgan fingerprint density at radius 3 is 2.56 bits per heavy atom. The number of amides is 1. The Kier molecular flexibility index (Phi) is 5.81. The molecule has 138 valence electrons. The van der Waals surface area contributed by atoms with E-state index in [4.69, 9.17) is 9.47 Å². The smallest absolute Gasteiger partial charge is 0.410 e. The largest absolute Gasteiger partial charge is 0.496 e. The monoisotopic (exact) mass is 347 g/mol. The molecule has 0 unspecified atom stereocenters. The lowest BCUT2D eigenvalue weighted by atomic mass is 9.96. The number of likely N-dealkylation sites (N-methyl/N-ethyl adjacent to an activating group) is 1. The second kappa shape index (κ2) is 8.06. The van der Waals surface area contributed by atoms with Crippen LogP contribution >= 0.6 is 0 Å². The highest BCUT2D eigenvalue weighted by Crippen LogP contribution is 2.29. The van der Waals surface area contributed by atoms with Gasteiger partial charge in [-0.1, -0.05) is 6.07 Å². The molecular weight excluding hydrogens is 318 g/mol. The Hall–Kier alpha value is -1.79. The van der Waals surface area contributed by atoms with Crippen LogP contribution in [0.3, 0.4) is 0 Å². The summed E-state index contributed by atoms with van der Waals surface area (Å²) in [4.78, 5) is 18.6. The number of hydrogen-bond acceptors (Lipinski definition) is 5. The third kappa shape index (κ3) is 4.25. The molecule has 1 aromatic rings. The Morgan fingerprint density at radius 1 is 1.12 bits per heavy atom. The maximum atomic E-state index is 12.0. The first-order valence-electron chi connectivity index (χ1n) is 9.12. The number of nitrogens with zero attached hydrogens (tertiary/aromatic N) is 3. The summed E-state index contributed by atoms with van der Waals surface area (Å²) in [5.41, 5.74) is 3.74. The van der Waals surface area contributed by atoms with E-state index in [1.54, 1.807) is 12.0 Å². The number of carbonyl (C=O) groups excluding carboxylic acids is 1. The van der Waals surface area contributed by atoms with Gasteiger partial charge < -0.3 is 19.3 Å². The first-order chi connectivity index (χ1) is 12.1. The average Bonchev–Trinajstić information content (AvgIpc) is 2.62. The van der Waals surface area contributed by atoms with Crippen molar-refractivity contribution in [2.45, 2.75) is 26.4 Å². The molecule has 0 bridgehead atoms. The van der Waals surface area contributed by atoms with Crippen LogP contribution in [-0.2, 0) is 24.2 Å². The van der Waals surface area contributed by atoms with Crippen LogP contribution in [0, 0.1) is 0 Å². The van der Waals surface area contributed by atoms with Gasteiger partial charge in [-0.25, -0.2) is 4.79 Å². The molecule has 0 aromatic heterocycles. The van der Waals surface area contributed by atoms with Crippen LogP contribution in [0.15, 0.2) is 12.1 Å². The second-order valence-electron chi connectivity index (χ2n) is 6.88. The lowest BCUT2D eigenvalue weighted by molar-refractivity contribution is 0.102. The van der Waals surface area contributed by atoms with Crippen LogP contribution in [0.1, 0.15) is 23.6 Å². The minimum Gasteiger partial charge on any atom is -0.496 e. The summed E-state index contributed by atoms with van der Waals surface area (Å²) in [7, 11) is 3.90. The van der Waals surface area contributed by atoms with Gasteiger partial charge in [0.2, 0.25) is 0 Å². The Bertz CT molecular complexity index is 612. The fourth-order valence-corrected chi connectivity index (χ4v) is 3.57. The van der Waals surface area contributed by atoms with Crippen molar-refractivity contribution in [1.82, 2.24) is 14.7 Å². The summed E-state index contributed by atoms with van der Waals surface area (Å²) in [5, 5.41) is 0. The standard InChI is InChI=1S/C19H29N3O3/c1-4-25-19(23)22-6-5-15-11-17(18(24-3)12-16(15)14-22)13-21-9-7-20(2)8-10-21/h11-12H,4-10,13-14H2,1-3H3. The van der Waals surface area contributed by atoms with Gasteiger partial charge in [-0.15, -0.1) is 0 Å². The second-order valence-corrected chi connectivity index (χ2v) is 6.88. The SMILES string of the molecule is CCOC(=O)N1CCc2cc(CN3CCN(C)CC3)c(OC)cc2C1. The molecule has 0 radical (unpaired) electrons. The normalized spacial score (nSPS) is 18.8. The summed E-state index contributed by atoms with van der Waals surface area (Å²) < 4.78 is 10.8. The molecule has 6 heteroatoms. The van der Waals surface area contributed by atoms with E-state index in [0.717, 1.165) is 44.9 Å². The summed E-state index contributed by atoms with van der Waals surface area (Å²) in [5.74, 6) is 0.920. The van der Waals surface area contributed by atoms with Gasteiger partial charge in [-0.3, -0.25) is 4.90 Å². The topological polar surface area (TPSA) is 45.2 Å². The van der Waals surface area contributed by atoms with E-state index in [1.807, 2.05) is 6.92 Å². The Balaban J connectivity index is 1.73. The Labute approximate surface area is 150 Å². The van der Waals surface area contributed by atoms with Gasteiger partial charge in [0.15, 0.2) is 0 Å². The fourth-order valence-electron chi connectivity index (χ4n) is 3.57. The van der Waals surface area contributed by atoms with Crippen molar-refractivity contribution in [1.29, 1.82) is 0 Å². The van der Waals surface area contributed by atoms with Crippen LogP contribution in [-0.4, -0.2) is 74.3 Å². The van der Waals surface area contributed by atoms with E-state index in [-0.39, 0.29) is 6.09 Å². The lowest BCUT2D eigenvalue weighted by Crippen LogP contribution is -2.44. The summed E-state index contributed by atoms with van der Waals surface area (Å²) in [6.07, 6.45) is 0.641. The molecule has 2 heterocycles. The molecule has 0 aliphatic carbocycles. The molecule has 1 aromatic carbocycles. The van der Waals surface area contributed by atoms with Crippen molar-refractivity contribution in [2.24, 2.45) is 0 Å². The molecule has 0 spiro atoms. The number of methoxy groups -OCH3 is 1. The number of ether oxygens (including phenoxy) is 2. The zero-order valence-corrected chi connectivity index (χ0v) is 15.6. The first-order valence-corrected chi connectivity index (χ1v) is 9.12. The average molecular weight is 347 g/mol. The van der Waals surface area contributed by atoms with E-state index in [1.165, 1.54) is 16.7 Å². The predicted octanol–water partition coefficient (Wildman–Crippen LogP) is 1.96. The molecule has 0 saturated carbocycles. The zero-order valence-electron chi connectivity index (χ0n) is 15.6. The van der Waals surface area contributed by atoms with E-state index in [9.17, 15) is 4.79 Å². The van der Waals surface area contributed by atoms with Gasteiger partial charge in [0, 0.05) is 51.4 Å². The number of rotatable bonds is 4. The molecule has 3 rings (SSSR count). The molecule has 2 aliphatic heterocycles. The molecule has 2 aliphatic rings. The van der Waals surface area contributed by atoms with E-state index in [0.29, 0.717) is 19.7 Å². The van der Waals surface area contributed by atoms with E-state index in [2.05, 4.69) is 29.0 Å². The highest BCUT2D eigenvalue weighted by atomic mass is 16.6. The first kappa shape index (κ1) is 18.0. The van der Waals surface area contributed by atoms with Gasteiger partial charge in [0.1, 0.15) is 5.75 Å². The molecular formula is C19H29N3O3. The van der Waals surface area contributed by atoms with Gasteiger partial charge in [-0.2, -0.15) is 0 Å². The molecule has 1 fully saturated rings. The minimum absolute atomic E-state index is 0.228. The number of fused-ring (bicyclic) bond motifs is 1.